The highest BCUT2D eigenvalue weighted by Crippen LogP contribution is 1.91. The van der Waals surface area contributed by atoms with E-state index in [-0.39, 0.29) is 11.7 Å². The number of hydrogen-bond acceptors (Lipinski definition) is 5. The molecule has 0 aromatic heterocycles. The zero-order chi connectivity index (χ0) is 17.4. The molecule has 0 saturated carbocycles. The topological polar surface area (TPSA) is 116 Å². The lowest BCUT2D eigenvalue weighted by atomic mass is 10.2. The van der Waals surface area contributed by atoms with Crippen LogP contribution in [0.1, 0.15) is 34.6 Å². The molecule has 0 fully saturated rings. The Bertz CT molecular complexity index is 439. The van der Waals surface area contributed by atoms with Crippen LogP contribution >= 0.6 is 0 Å². The first-order valence-electron chi connectivity index (χ1n) is 7.19. The Morgan fingerprint density at radius 1 is 0.636 bits per heavy atom. The van der Waals surface area contributed by atoms with E-state index >= 15 is 0 Å². The van der Waals surface area contributed by atoms with Crippen LogP contribution in [0.2, 0.25) is 0 Å². The number of carbonyl (C=O) groups is 4. The summed E-state index contributed by atoms with van der Waals surface area (Å²) in [5.74, 6) is -1.42. The summed E-state index contributed by atoms with van der Waals surface area (Å²) in [6.07, 6.45) is 0. The molecule has 4 atom stereocenters. The molecular weight excluding hydrogens is 288 g/mol. The molecule has 0 aromatic rings. The molecule has 8 nitrogen and oxygen atoms in total. The molecule has 3 amide bonds. The van der Waals surface area contributed by atoms with E-state index in [1.54, 1.807) is 20.9 Å². The van der Waals surface area contributed by atoms with Crippen LogP contribution in [0, 0.1) is 0 Å². The van der Waals surface area contributed by atoms with Crippen LogP contribution in [-0.2, 0) is 19.2 Å². The van der Waals surface area contributed by atoms with Crippen molar-refractivity contribution in [3.63, 3.8) is 0 Å². The summed E-state index contributed by atoms with van der Waals surface area (Å²) in [6, 6.07) is -2.62. The van der Waals surface area contributed by atoms with Crippen LogP contribution in [0.5, 0.6) is 0 Å². The Morgan fingerprint density at radius 3 is 1.27 bits per heavy atom. The quantitative estimate of drug-likeness (QED) is 0.444. The van der Waals surface area contributed by atoms with Crippen molar-refractivity contribution >= 4 is 23.5 Å². The molecule has 0 heterocycles. The van der Waals surface area contributed by atoms with Gasteiger partial charge in [-0.25, -0.2) is 0 Å². The first kappa shape index (κ1) is 20.0. The van der Waals surface area contributed by atoms with E-state index in [4.69, 9.17) is 0 Å². The smallest absolute Gasteiger partial charge is 0.242 e. The molecule has 126 valence electrons. The fourth-order valence-corrected chi connectivity index (χ4v) is 1.38. The molecule has 0 rings (SSSR count). The third-order valence-corrected chi connectivity index (χ3v) is 3.30. The van der Waals surface area contributed by atoms with Gasteiger partial charge in [-0.15, -0.1) is 0 Å². The highest BCUT2D eigenvalue weighted by molar-refractivity contribution is 5.94. The van der Waals surface area contributed by atoms with Crippen LogP contribution in [0.25, 0.3) is 0 Å². The molecule has 0 unspecified atom stereocenters. The number of hydrogen-bond donors (Lipinski definition) is 4. The van der Waals surface area contributed by atoms with E-state index in [0.717, 1.165) is 0 Å². The Hall–Kier alpha value is -1.96. The zero-order valence-corrected chi connectivity index (χ0v) is 13.9. The third kappa shape index (κ3) is 6.66. The van der Waals surface area contributed by atoms with Crippen LogP contribution in [-0.4, -0.2) is 54.7 Å². The van der Waals surface area contributed by atoms with Crippen molar-refractivity contribution in [2.75, 3.05) is 7.05 Å². The lowest BCUT2D eigenvalue weighted by molar-refractivity contribution is -0.132. The van der Waals surface area contributed by atoms with Gasteiger partial charge in [-0.05, 0) is 41.7 Å². The van der Waals surface area contributed by atoms with Crippen molar-refractivity contribution in [3.8, 4) is 0 Å². The fourth-order valence-electron chi connectivity index (χ4n) is 1.38. The van der Waals surface area contributed by atoms with E-state index < -0.39 is 36.0 Å². The van der Waals surface area contributed by atoms with Gasteiger partial charge in [0.25, 0.3) is 0 Å². The minimum atomic E-state index is -0.810. The Kier molecular flexibility index (Phi) is 8.32. The minimum Gasteiger partial charge on any atom is -0.345 e. The molecule has 0 spiro atoms. The maximum atomic E-state index is 11.9. The average molecular weight is 314 g/mol. The standard InChI is InChI=1S/C14H26N4O4/c1-7(11(5)19)16-13(21)9(3)18-14(22)10(4)17-12(20)8(2)15-6/h7-10,15H,1-6H3,(H,16,21)(H,17,20)(H,18,22)/t7-,8-,9-,10-/m0/s1. The van der Waals surface area contributed by atoms with Gasteiger partial charge in [-0.2, -0.15) is 0 Å². The first-order valence-corrected chi connectivity index (χ1v) is 7.19. The number of nitrogens with one attached hydrogen (secondary N) is 4. The second-order valence-corrected chi connectivity index (χ2v) is 5.31. The maximum Gasteiger partial charge on any atom is 0.242 e. The number of rotatable bonds is 8. The summed E-state index contributed by atoms with van der Waals surface area (Å²) in [5.41, 5.74) is 0. The first-order chi connectivity index (χ1) is 10.1. The number of amides is 3. The van der Waals surface area contributed by atoms with E-state index in [9.17, 15) is 19.2 Å². The summed E-state index contributed by atoms with van der Waals surface area (Å²) < 4.78 is 0. The largest absolute Gasteiger partial charge is 0.345 e. The number of carbonyl (C=O) groups excluding carboxylic acids is 4. The average Bonchev–Trinajstić information content (AvgIpc) is 2.45. The maximum absolute atomic E-state index is 11.9. The SMILES string of the molecule is CN[C@@H](C)C(=O)N[C@@H](C)C(=O)N[C@@H](C)C(=O)N[C@@H](C)C(C)=O. The van der Waals surface area contributed by atoms with Crippen molar-refractivity contribution in [1.29, 1.82) is 0 Å². The minimum absolute atomic E-state index is 0.173. The number of likely N-dealkylation sites (N-methyl/N-ethyl adjacent to an activating group) is 1. The Morgan fingerprint density at radius 2 is 0.955 bits per heavy atom. The lowest BCUT2D eigenvalue weighted by Gasteiger charge is -2.20. The second kappa shape index (κ2) is 9.14. The van der Waals surface area contributed by atoms with Crippen molar-refractivity contribution in [2.45, 2.75) is 58.8 Å². The van der Waals surface area contributed by atoms with Crippen molar-refractivity contribution in [1.82, 2.24) is 21.3 Å². The molecule has 0 aliphatic rings. The monoisotopic (exact) mass is 314 g/mol. The predicted octanol–water partition coefficient (Wildman–Crippen LogP) is -1.30. The van der Waals surface area contributed by atoms with Gasteiger partial charge >= 0.3 is 0 Å². The summed E-state index contributed by atoms with van der Waals surface area (Å²) in [7, 11) is 1.64. The molecule has 0 saturated heterocycles. The van der Waals surface area contributed by atoms with Crippen LogP contribution in [0.15, 0.2) is 0 Å². The molecule has 0 aromatic carbocycles. The number of Topliss-reactive ketones (excluding diaryl/α,β-unsaturated/α-hetero) is 1. The van der Waals surface area contributed by atoms with Gasteiger partial charge in [0.1, 0.15) is 12.1 Å². The fraction of sp³-hybridized carbons (Fsp3) is 0.714. The van der Waals surface area contributed by atoms with E-state index in [1.165, 1.54) is 20.8 Å². The Balaban J connectivity index is 4.42. The number of ketones is 1. The summed E-state index contributed by atoms with van der Waals surface area (Å²) in [5, 5.41) is 10.3. The molecule has 0 aliphatic heterocycles. The summed E-state index contributed by atoms with van der Waals surface area (Å²) in [4.78, 5) is 46.5. The molecule has 0 aliphatic carbocycles. The second-order valence-electron chi connectivity index (χ2n) is 5.31. The van der Waals surface area contributed by atoms with E-state index in [0.29, 0.717) is 0 Å². The molecule has 0 bridgehead atoms. The molecule has 22 heavy (non-hydrogen) atoms. The van der Waals surface area contributed by atoms with Crippen LogP contribution in [0.4, 0.5) is 0 Å². The van der Waals surface area contributed by atoms with Gasteiger partial charge in [0.15, 0.2) is 5.78 Å². The van der Waals surface area contributed by atoms with Gasteiger partial charge < -0.3 is 21.3 Å². The highest BCUT2D eigenvalue weighted by atomic mass is 16.2. The van der Waals surface area contributed by atoms with Crippen LogP contribution in [0.3, 0.4) is 0 Å². The molecule has 4 N–H and O–H groups in total. The van der Waals surface area contributed by atoms with Crippen LogP contribution < -0.4 is 21.3 Å². The van der Waals surface area contributed by atoms with Gasteiger partial charge in [0.2, 0.25) is 17.7 Å². The predicted molar refractivity (Wildman–Crippen MR) is 82.0 cm³/mol. The normalized spacial score (nSPS) is 15.9. The lowest BCUT2D eigenvalue weighted by Crippen LogP contribution is -2.54. The van der Waals surface area contributed by atoms with Gasteiger partial charge in [-0.3, -0.25) is 19.2 Å². The third-order valence-electron chi connectivity index (χ3n) is 3.30. The summed E-state index contributed by atoms with van der Waals surface area (Å²) >= 11 is 0. The van der Waals surface area contributed by atoms with Crippen molar-refractivity contribution in [2.24, 2.45) is 0 Å². The van der Waals surface area contributed by atoms with Gasteiger partial charge in [0, 0.05) is 0 Å². The molecule has 8 heteroatoms. The molecular formula is C14H26N4O4. The van der Waals surface area contributed by atoms with Gasteiger partial charge in [0.05, 0.1) is 12.1 Å². The Labute approximate surface area is 130 Å². The van der Waals surface area contributed by atoms with E-state index in [1.807, 2.05) is 0 Å². The van der Waals surface area contributed by atoms with Crippen molar-refractivity contribution in [3.05, 3.63) is 0 Å². The van der Waals surface area contributed by atoms with Crippen molar-refractivity contribution < 1.29 is 19.2 Å². The van der Waals surface area contributed by atoms with E-state index in [2.05, 4.69) is 21.3 Å². The highest BCUT2D eigenvalue weighted by Gasteiger charge is 2.23. The van der Waals surface area contributed by atoms with Gasteiger partial charge in [-0.1, -0.05) is 0 Å². The summed E-state index contributed by atoms with van der Waals surface area (Å²) in [6.45, 7) is 7.63. The molecule has 0 radical (unpaired) electrons. The zero-order valence-electron chi connectivity index (χ0n) is 13.9.